The first-order valence-electron chi connectivity index (χ1n) is 10.5. The number of ether oxygens (including phenoxy) is 1. The van der Waals surface area contributed by atoms with Gasteiger partial charge in [-0.2, -0.15) is 11.3 Å². The number of imidazole rings is 1. The van der Waals surface area contributed by atoms with Crippen molar-refractivity contribution in [2.75, 3.05) is 0 Å². The van der Waals surface area contributed by atoms with Gasteiger partial charge in [-0.1, -0.05) is 30.3 Å². The molecule has 0 amide bonds. The average Bonchev–Trinajstić information content (AvgIpc) is 3.40. The molecule has 2 aromatic heterocycles. The molecule has 5 nitrogen and oxygen atoms in total. The number of fused-ring (bicyclic) bond motifs is 3. The molecule has 0 saturated heterocycles. The second-order valence-electron chi connectivity index (χ2n) is 9.04. The predicted octanol–water partition coefficient (Wildman–Crippen LogP) is 5.13. The maximum absolute atomic E-state index is 14.8. The SMILES string of the molecule is C[C@]1(O)C[C@](N)(c2ccc(-c3nc4n(c3-c3ccsc3)COc3cccc(F)c3-4)cc2)C1. The smallest absolute Gasteiger partial charge is 0.167 e. The Balaban J connectivity index is 1.48. The lowest BCUT2D eigenvalue weighted by Gasteiger charge is -2.49. The summed E-state index contributed by atoms with van der Waals surface area (Å²) >= 11 is 1.60. The molecular weight excluding hydrogens is 425 g/mol. The number of rotatable bonds is 3. The van der Waals surface area contributed by atoms with Crippen molar-refractivity contribution in [3.05, 3.63) is 70.7 Å². The normalized spacial score (nSPS) is 23.8. The molecule has 2 aliphatic rings. The summed E-state index contributed by atoms with van der Waals surface area (Å²) in [5.41, 5.74) is 10.3. The number of aromatic nitrogens is 2. The zero-order valence-electron chi connectivity index (χ0n) is 17.5. The highest BCUT2D eigenvalue weighted by molar-refractivity contribution is 7.08. The summed E-state index contributed by atoms with van der Waals surface area (Å²) in [4.78, 5) is 4.90. The molecule has 32 heavy (non-hydrogen) atoms. The van der Waals surface area contributed by atoms with Crippen LogP contribution in [-0.4, -0.2) is 20.3 Å². The average molecular weight is 448 g/mol. The number of benzene rings is 2. The van der Waals surface area contributed by atoms with Gasteiger partial charge in [-0.15, -0.1) is 0 Å². The van der Waals surface area contributed by atoms with Crippen molar-refractivity contribution < 1.29 is 14.2 Å². The summed E-state index contributed by atoms with van der Waals surface area (Å²) < 4.78 is 22.6. The largest absolute Gasteiger partial charge is 0.472 e. The van der Waals surface area contributed by atoms with E-state index in [4.69, 9.17) is 15.5 Å². The van der Waals surface area contributed by atoms with E-state index in [0.717, 1.165) is 28.1 Å². The van der Waals surface area contributed by atoms with Gasteiger partial charge in [-0.05, 0) is 48.9 Å². The van der Waals surface area contributed by atoms with E-state index in [9.17, 15) is 9.50 Å². The Morgan fingerprint density at radius 1 is 1.12 bits per heavy atom. The van der Waals surface area contributed by atoms with Gasteiger partial charge in [0.1, 0.15) is 11.6 Å². The van der Waals surface area contributed by atoms with E-state index in [-0.39, 0.29) is 12.5 Å². The van der Waals surface area contributed by atoms with Crippen molar-refractivity contribution in [2.24, 2.45) is 5.73 Å². The van der Waals surface area contributed by atoms with Crippen molar-refractivity contribution in [1.82, 2.24) is 9.55 Å². The number of nitrogens with two attached hydrogens (primary N) is 1. The highest BCUT2D eigenvalue weighted by Gasteiger charge is 2.49. The molecule has 3 N–H and O–H groups in total. The van der Waals surface area contributed by atoms with Crippen LogP contribution in [0, 0.1) is 5.82 Å². The standard InChI is InChI=1S/C25H22FN3O2S/c1-24(30)12-25(27,13-24)17-7-5-15(6-8-17)21-22(16-9-10-32-11-16)29-14-31-19-4-2-3-18(26)20(19)23(29)28-21/h2-11,30H,12-14,27H2,1H3/t24-,25+. The molecule has 162 valence electrons. The molecule has 0 unspecified atom stereocenters. The molecule has 0 radical (unpaired) electrons. The quantitative estimate of drug-likeness (QED) is 0.456. The molecule has 2 aromatic carbocycles. The Morgan fingerprint density at radius 3 is 2.59 bits per heavy atom. The fourth-order valence-electron chi connectivity index (χ4n) is 5.11. The monoisotopic (exact) mass is 447 g/mol. The van der Waals surface area contributed by atoms with Crippen LogP contribution in [0.4, 0.5) is 4.39 Å². The molecule has 1 fully saturated rings. The van der Waals surface area contributed by atoms with E-state index in [1.54, 1.807) is 23.5 Å². The van der Waals surface area contributed by atoms with Crippen LogP contribution in [0.3, 0.4) is 0 Å². The van der Waals surface area contributed by atoms with E-state index in [1.807, 2.05) is 47.2 Å². The van der Waals surface area contributed by atoms with Crippen molar-refractivity contribution >= 4 is 11.3 Å². The molecular formula is C25H22FN3O2S. The van der Waals surface area contributed by atoms with Gasteiger partial charge < -0.3 is 15.6 Å². The van der Waals surface area contributed by atoms with Crippen molar-refractivity contribution in [3.63, 3.8) is 0 Å². The van der Waals surface area contributed by atoms with Gasteiger partial charge in [-0.25, -0.2) is 9.37 Å². The maximum atomic E-state index is 14.8. The van der Waals surface area contributed by atoms with E-state index >= 15 is 0 Å². The van der Waals surface area contributed by atoms with Crippen LogP contribution in [0.5, 0.6) is 5.75 Å². The fourth-order valence-corrected chi connectivity index (χ4v) is 5.75. The molecule has 3 heterocycles. The third-order valence-electron chi connectivity index (χ3n) is 6.44. The third-order valence-corrected chi connectivity index (χ3v) is 7.12. The summed E-state index contributed by atoms with van der Waals surface area (Å²) in [6, 6.07) is 14.9. The van der Waals surface area contributed by atoms with Crippen molar-refractivity contribution in [1.29, 1.82) is 0 Å². The highest BCUT2D eigenvalue weighted by atomic mass is 32.1. The third kappa shape index (κ3) is 2.92. The minimum absolute atomic E-state index is 0.267. The van der Waals surface area contributed by atoms with Crippen LogP contribution in [-0.2, 0) is 12.3 Å². The Kier molecular flexibility index (Phi) is 4.15. The van der Waals surface area contributed by atoms with Crippen LogP contribution in [0.25, 0.3) is 33.9 Å². The fraction of sp³-hybridized carbons (Fsp3) is 0.240. The second kappa shape index (κ2) is 6.75. The van der Waals surface area contributed by atoms with Crippen LogP contribution >= 0.6 is 11.3 Å². The minimum atomic E-state index is -0.708. The number of aliphatic hydroxyl groups is 1. The van der Waals surface area contributed by atoms with E-state index < -0.39 is 11.1 Å². The lowest BCUT2D eigenvalue weighted by molar-refractivity contribution is -0.0738. The van der Waals surface area contributed by atoms with Crippen LogP contribution in [0.2, 0.25) is 0 Å². The van der Waals surface area contributed by atoms with Crippen molar-refractivity contribution in [3.8, 4) is 39.7 Å². The second-order valence-corrected chi connectivity index (χ2v) is 9.82. The van der Waals surface area contributed by atoms with E-state index in [1.165, 1.54) is 6.07 Å². The van der Waals surface area contributed by atoms with Gasteiger partial charge in [0, 0.05) is 22.0 Å². The molecule has 0 atom stereocenters. The Morgan fingerprint density at radius 2 is 1.91 bits per heavy atom. The molecule has 4 aromatic rings. The first-order valence-corrected chi connectivity index (χ1v) is 11.5. The van der Waals surface area contributed by atoms with Gasteiger partial charge in [0.25, 0.3) is 0 Å². The number of hydrogen-bond acceptors (Lipinski definition) is 5. The predicted molar refractivity (Wildman–Crippen MR) is 123 cm³/mol. The van der Waals surface area contributed by atoms with Gasteiger partial charge in [0.2, 0.25) is 0 Å². The van der Waals surface area contributed by atoms with Gasteiger partial charge in [0.05, 0.1) is 22.6 Å². The lowest BCUT2D eigenvalue weighted by atomic mass is 9.63. The van der Waals surface area contributed by atoms with E-state index in [0.29, 0.717) is 30.0 Å². The van der Waals surface area contributed by atoms with Gasteiger partial charge in [0.15, 0.2) is 12.6 Å². The zero-order valence-corrected chi connectivity index (χ0v) is 18.3. The number of thiophene rings is 1. The molecule has 1 aliphatic heterocycles. The summed E-state index contributed by atoms with van der Waals surface area (Å²) in [5, 5.41) is 14.2. The van der Waals surface area contributed by atoms with Crippen molar-refractivity contribution in [2.45, 2.75) is 37.6 Å². The Hall–Kier alpha value is -3.00. The lowest BCUT2D eigenvalue weighted by Crippen LogP contribution is -2.58. The summed E-state index contributed by atoms with van der Waals surface area (Å²) in [6.07, 6.45) is 1.07. The summed E-state index contributed by atoms with van der Waals surface area (Å²) in [5.74, 6) is 0.715. The Labute approximate surface area is 188 Å². The molecule has 7 heteroatoms. The zero-order chi connectivity index (χ0) is 22.1. The molecule has 0 spiro atoms. The first-order chi connectivity index (χ1) is 15.3. The molecule has 1 saturated carbocycles. The molecule has 1 aliphatic carbocycles. The van der Waals surface area contributed by atoms with Gasteiger partial charge >= 0.3 is 0 Å². The number of nitrogens with zero attached hydrogens (tertiary/aromatic N) is 2. The van der Waals surface area contributed by atoms with Crippen LogP contribution < -0.4 is 10.5 Å². The topological polar surface area (TPSA) is 73.3 Å². The van der Waals surface area contributed by atoms with E-state index in [2.05, 4.69) is 5.38 Å². The maximum Gasteiger partial charge on any atom is 0.167 e. The molecule has 6 rings (SSSR count). The van der Waals surface area contributed by atoms with Crippen LogP contribution in [0.1, 0.15) is 25.3 Å². The van der Waals surface area contributed by atoms with Crippen LogP contribution in [0.15, 0.2) is 59.3 Å². The van der Waals surface area contributed by atoms with Gasteiger partial charge in [-0.3, -0.25) is 4.57 Å². The Bertz CT molecular complexity index is 1320. The first kappa shape index (κ1) is 19.7. The highest BCUT2D eigenvalue weighted by Crippen LogP contribution is 2.47. The summed E-state index contributed by atoms with van der Waals surface area (Å²) in [7, 11) is 0. The number of hydrogen-bond donors (Lipinski definition) is 2. The minimum Gasteiger partial charge on any atom is -0.472 e. The summed E-state index contributed by atoms with van der Waals surface area (Å²) in [6.45, 7) is 2.08. The molecule has 0 bridgehead atoms. The number of halogens is 1.